The lowest BCUT2D eigenvalue weighted by atomic mass is 10.1. The fourth-order valence-electron chi connectivity index (χ4n) is 3.44. The maximum absolute atomic E-state index is 12.5. The average Bonchev–Trinajstić information content (AvgIpc) is 3.24. The highest BCUT2D eigenvalue weighted by Crippen LogP contribution is 2.23. The van der Waals surface area contributed by atoms with Crippen molar-refractivity contribution in [3.8, 4) is 5.75 Å². The van der Waals surface area contributed by atoms with E-state index in [-0.39, 0.29) is 17.9 Å². The van der Waals surface area contributed by atoms with Crippen molar-refractivity contribution >= 4 is 11.8 Å². The molecule has 8 nitrogen and oxygen atoms in total. The highest BCUT2D eigenvalue weighted by atomic mass is 16.5. The number of benzene rings is 1. The van der Waals surface area contributed by atoms with Crippen molar-refractivity contribution in [2.75, 3.05) is 19.6 Å². The second-order valence-corrected chi connectivity index (χ2v) is 7.08. The van der Waals surface area contributed by atoms with Gasteiger partial charge < -0.3 is 14.5 Å². The van der Waals surface area contributed by atoms with Crippen molar-refractivity contribution < 1.29 is 14.3 Å². The van der Waals surface area contributed by atoms with Gasteiger partial charge in [0.25, 0.3) is 5.91 Å². The molecule has 142 valence electrons. The molecule has 2 aromatic rings. The van der Waals surface area contributed by atoms with Crippen LogP contribution in [0.5, 0.6) is 5.75 Å². The minimum Gasteiger partial charge on any atom is -0.481 e. The van der Waals surface area contributed by atoms with Gasteiger partial charge in [0.05, 0.1) is 18.8 Å². The number of carbonyl (C=O) groups excluding carboxylic acids is 2. The van der Waals surface area contributed by atoms with Crippen molar-refractivity contribution in [3.05, 3.63) is 42.2 Å². The van der Waals surface area contributed by atoms with Gasteiger partial charge in [-0.25, -0.2) is 4.68 Å². The summed E-state index contributed by atoms with van der Waals surface area (Å²) in [4.78, 5) is 27.8. The summed E-state index contributed by atoms with van der Waals surface area (Å²) in [5.74, 6) is 0.836. The van der Waals surface area contributed by atoms with Crippen LogP contribution in [0.3, 0.4) is 0 Å². The molecule has 2 saturated heterocycles. The van der Waals surface area contributed by atoms with Crippen LogP contribution < -0.4 is 4.74 Å². The van der Waals surface area contributed by atoms with Crippen molar-refractivity contribution in [1.29, 1.82) is 0 Å². The summed E-state index contributed by atoms with van der Waals surface area (Å²) < 4.78 is 7.49. The number of carbonyl (C=O) groups is 2. The first-order valence-electron chi connectivity index (χ1n) is 9.29. The van der Waals surface area contributed by atoms with E-state index in [2.05, 4.69) is 10.3 Å². The van der Waals surface area contributed by atoms with Gasteiger partial charge in [-0.2, -0.15) is 0 Å². The Kier molecular flexibility index (Phi) is 4.79. The molecule has 2 amide bonds. The number of hydrogen-bond donors (Lipinski definition) is 0. The summed E-state index contributed by atoms with van der Waals surface area (Å²) in [6, 6.07) is 9.46. The predicted octanol–water partition coefficient (Wildman–Crippen LogP) is 1.25. The zero-order valence-corrected chi connectivity index (χ0v) is 15.3. The molecule has 1 atom stereocenters. The van der Waals surface area contributed by atoms with Gasteiger partial charge in [-0.15, -0.1) is 5.10 Å². The lowest BCUT2D eigenvalue weighted by molar-refractivity contribution is -0.144. The Labute approximate surface area is 157 Å². The van der Waals surface area contributed by atoms with Crippen LogP contribution in [0.1, 0.15) is 31.5 Å². The second kappa shape index (κ2) is 7.38. The Hall–Kier alpha value is -2.90. The third-order valence-corrected chi connectivity index (χ3v) is 5.03. The smallest absolute Gasteiger partial charge is 0.263 e. The number of hydrogen-bond acceptors (Lipinski definition) is 5. The number of aromatic nitrogens is 3. The standard InChI is InChI=1S/C19H23N5O3/c1-14(27-17-6-3-2-4-7-17)19(26)23-12-16(13-23)24-11-15(20-21-24)10-22-9-5-8-18(22)25/h2-4,6-7,11,14,16H,5,8-10,12-13H2,1H3. The van der Waals surface area contributed by atoms with Crippen LogP contribution in [0.15, 0.2) is 36.5 Å². The van der Waals surface area contributed by atoms with Crippen LogP contribution in [0.25, 0.3) is 0 Å². The van der Waals surface area contributed by atoms with Crippen LogP contribution in [0, 0.1) is 0 Å². The first-order chi connectivity index (χ1) is 13.1. The first-order valence-corrected chi connectivity index (χ1v) is 9.29. The highest BCUT2D eigenvalue weighted by Gasteiger charge is 2.35. The van der Waals surface area contributed by atoms with Crippen LogP contribution in [-0.2, 0) is 16.1 Å². The molecule has 0 spiro atoms. The molecular formula is C19H23N5O3. The maximum Gasteiger partial charge on any atom is 0.263 e. The summed E-state index contributed by atoms with van der Waals surface area (Å²) >= 11 is 0. The fraction of sp³-hybridized carbons (Fsp3) is 0.474. The lowest BCUT2D eigenvalue weighted by Gasteiger charge is -2.40. The topological polar surface area (TPSA) is 80.6 Å². The molecule has 0 aliphatic carbocycles. The number of likely N-dealkylation sites (tertiary alicyclic amines) is 2. The van der Waals surface area contributed by atoms with E-state index in [0.717, 1.165) is 18.7 Å². The Bertz CT molecular complexity index is 816. The zero-order chi connectivity index (χ0) is 18.8. The fourth-order valence-corrected chi connectivity index (χ4v) is 3.44. The Morgan fingerprint density at radius 2 is 2.07 bits per heavy atom. The summed E-state index contributed by atoms with van der Waals surface area (Å²) in [5.41, 5.74) is 0.788. The molecule has 1 unspecified atom stereocenters. The van der Waals surface area contributed by atoms with Crippen molar-refractivity contribution in [3.63, 3.8) is 0 Å². The van der Waals surface area contributed by atoms with Crippen LogP contribution in [0.4, 0.5) is 0 Å². The summed E-state index contributed by atoms with van der Waals surface area (Å²) in [7, 11) is 0. The van der Waals surface area contributed by atoms with Crippen LogP contribution in [-0.4, -0.2) is 62.3 Å². The molecule has 2 aliphatic heterocycles. The summed E-state index contributed by atoms with van der Waals surface area (Å²) in [5, 5.41) is 8.34. The van der Waals surface area contributed by atoms with E-state index in [1.54, 1.807) is 16.5 Å². The molecule has 3 heterocycles. The third-order valence-electron chi connectivity index (χ3n) is 5.03. The van der Waals surface area contributed by atoms with Gasteiger partial charge in [0.15, 0.2) is 6.10 Å². The van der Waals surface area contributed by atoms with E-state index >= 15 is 0 Å². The molecule has 0 N–H and O–H groups in total. The molecule has 2 aliphatic rings. The van der Waals surface area contributed by atoms with Gasteiger partial charge in [-0.1, -0.05) is 23.4 Å². The van der Waals surface area contributed by atoms with E-state index in [4.69, 9.17) is 4.74 Å². The molecule has 0 saturated carbocycles. The van der Waals surface area contributed by atoms with Gasteiger partial charge in [0, 0.05) is 26.1 Å². The summed E-state index contributed by atoms with van der Waals surface area (Å²) in [6.07, 6.45) is 2.88. The lowest BCUT2D eigenvalue weighted by Crippen LogP contribution is -2.54. The molecule has 2 fully saturated rings. The molecule has 1 aromatic carbocycles. The van der Waals surface area contributed by atoms with Gasteiger partial charge in [-0.05, 0) is 25.5 Å². The van der Waals surface area contributed by atoms with E-state index in [1.807, 2.05) is 41.4 Å². The van der Waals surface area contributed by atoms with Gasteiger partial charge in [0.1, 0.15) is 11.4 Å². The molecular weight excluding hydrogens is 346 g/mol. The largest absolute Gasteiger partial charge is 0.481 e. The number of amides is 2. The van der Waals surface area contributed by atoms with Crippen molar-refractivity contribution in [2.45, 2.75) is 38.5 Å². The molecule has 0 bridgehead atoms. The van der Waals surface area contributed by atoms with Crippen LogP contribution >= 0.6 is 0 Å². The highest BCUT2D eigenvalue weighted by molar-refractivity contribution is 5.81. The predicted molar refractivity (Wildman–Crippen MR) is 96.8 cm³/mol. The quantitative estimate of drug-likeness (QED) is 0.766. The molecule has 4 rings (SSSR count). The molecule has 0 radical (unpaired) electrons. The second-order valence-electron chi connectivity index (χ2n) is 7.08. The number of para-hydroxylation sites is 1. The number of nitrogens with zero attached hydrogens (tertiary/aromatic N) is 5. The average molecular weight is 369 g/mol. The number of rotatable bonds is 6. The molecule has 1 aromatic heterocycles. The van der Waals surface area contributed by atoms with Gasteiger partial charge >= 0.3 is 0 Å². The van der Waals surface area contributed by atoms with E-state index in [9.17, 15) is 9.59 Å². The maximum atomic E-state index is 12.5. The third kappa shape index (κ3) is 3.79. The minimum atomic E-state index is -0.527. The first kappa shape index (κ1) is 17.5. The van der Waals surface area contributed by atoms with Gasteiger partial charge in [-0.3, -0.25) is 9.59 Å². The Morgan fingerprint density at radius 1 is 1.30 bits per heavy atom. The minimum absolute atomic E-state index is 0.0295. The van der Waals surface area contributed by atoms with E-state index in [1.165, 1.54) is 0 Å². The van der Waals surface area contributed by atoms with Gasteiger partial charge in [0.2, 0.25) is 5.91 Å². The normalized spacial score (nSPS) is 18.5. The number of ether oxygens (including phenoxy) is 1. The Morgan fingerprint density at radius 3 is 2.78 bits per heavy atom. The van der Waals surface area contributed by atoms with E-state index < -0.39 is 6.10 Å². The van der Waals surface area contributed by atoms with E-state index in [0.29, 0.717) is 31.8 Å². The van der Waals surface area contributed by atoms with Crippen molar-refractivity contribution in [2.24, 2.45) is 0 Å². The monoisotopic (exact) mass is 369 g/mol. The molecule has 8 heteroatoms. The zero-order valence-electron chi connectivity index (χ0n) is 15.3. The van der Waals surface area contributed by atoms with Crippen LogP contribution in [0.2, 0.25) is 0 Å². The Balaban J connectivity index is 1.27. The SMILES string of the molecule is CC(Oc1ccccc1)C(=O)N1CC(n2cc(CN3CCCC3=O)nn2)C1. The van der Waals surface area contributed by atoms with Crippen molar-refractivity contribution in [1.82, 2.24) is 24.8 Å². The summed E-state index contributed by atoms with van der Waals surface area (Å²) in [6.45, 7) is 4.25. The molecule has 27 heavy (non-hydrogen) atoms.